The number of benzene rings is 10. The van der Waals surface area contributed by atoms with Gasteiger partial charge in [0.1, 0.15) is 0 Å². The lowest BCUT2D eigenvalue weighted by Gasteiger charge is -2.20. The van der Waals surface area contributed by atoms with Crippen molar-refractivity contribution in [3.8, 4) is 89.7 Å². The highest BCUT2D eigenvalue weighted by molar-refractivity contribution is 6.14. The van der Waals surface area contributed by atoms with Gasteiger partial charge in [-0.2, -0.15) is 0 Å². The normalized spacial score (nSPS) is 11.5. The third kappa shape index (κ3) is 7.48. The molecule has 0 amide bonds. The molecule has 4 heterocycles. The average Bonchev–Trinajstić information content (AvgIpc) is 4.04. The molecule has 0 aliphatic heterocycles. The van der Waals surface area contributed by atoms with Crippen LogP contribution in [0.5, 0.6) is 0 Å². The Morgan fingerprint density at radius 3 is 0.959 bits per heavy atom. The van der Waals surface area contributed by atoms with Gasteiger partial charge in [-0.05, 0) is 117 Å². The summed E-state index contributed by atoms with van der Waals surface area (Å²) < 4.78 is 4.87. The summed E-state index contributed by atoms with van der Waals surface area (Å²) in [6.07, 6.45) is 1.98. The third-order valence-electron chi connectivity index (χ3n) is 14.6. The molecule has 0 fully saturated rings. The summed E-state index contributed by atoms with van der Waals surface area (Å²) in [4.78, 5) is 10.6. The van der Waals surface area contributed by atoms with Gasteiger partial charge < -0.3 is 4.57 Å². The highest BCUT2D eigenvalue weighted by atomic mass is 15.1. The van der Waals surface area contributed by atoms with Crippen LogP contribution >= 0.6 is 0 Å². The second kappa shape index (κ2) is 18.1. The molecule has 0 radical (unpaired) electrons. The van der Waals surface area contributed by atoms with Gasteiger partial charge in [0, 0.05) is 44.4 Å². The minimum Gasteiger partial charge on any atom is -0.305 e. The smallest absolute Gasteiger partial charge is 0.162 e. The minimum atomic E-state index is 0.835. The standard InChI is InChI=1S/C70H46N4/c1-6-17-47(18-7-1)54-33-37-65-59(43-54)60-44-55(48-19-8-2-9-20-48)34-38-66(60)73(65)69-58(51-29-31-53(32-30-51)64-28-16-27-63(72-64)52-25-14-5-15-26-52)41-42-71-70(69)74-67-39-35-56(49-21-10-3-11-22-49)45-61(67)62-46-57(36-40-68(62)74)50-23-12-4-13-24-50/h1-46H. The fraction of sp³-hybridized carbons (Fsp3) is 0. The number of aromatic nitrogens is 4. The van der Waals surface area contributed by atoms with Crippen LogP contribution in [0.25, 0.3) is 133 Å². The van der Waals surface area contributed by atoms with E-state index in [2.05, 4.69) is 276 Å². The van der Waals surface area contributed by atoms with Gasteiger partial charge in [0.05, 0.1) is 39.1 Å². The Hall–Kier alpha value is -9.90. The molecule has 0 unspecified atom stereocenters. The highest BCUT2D eigenvalue weighted by Gasteiger charge is 2.25. The van der Waals surface area contributed by atoms with E-state index < -0.39 is 0 Å². The van der Waals surface area contributed by atoms with Crippen molar-refractivity contribution in [2.45, 2.75) is 0 Å². The summed E-state index contributed by atoms with van der Waals surface area (Å²) in [5.74, 6) is 0.835. The van der Waals surface area contributed by atoms with Crippen LogP contribution in [0.2, 0.25) is 0 Å². The SMILES string of the molecule is c1ccc(-c2ccc3c(c2)c2cc(-c4ccccc4)ccc2n3-c2nccc(-c3ccc(-c4cccc(-c5ccccc5)n4)cc3)c2-n2c3ccc(-c4ccccc4)cc3c3cc(-c4ccccc4)ccc32)cc1. The van der Waals surface area contributed by atoms with E-state index in [0.717, 1.165) is 78.0 Å². The van der Waals surface area contributed by atoms with Crippen molar-refractivity contribution in [2.75, 3.05) is 0 Å². The monoisotopic (exact) mass is 942 g/mol. The van der Waals surface area contributed by atoms with E-state index in [1.807, 2.05) is 12.3 Å². The lowest BCUT2D eigenvalue weighted by molar-refractivity contribution is 1.03. The first-order valence-corrected chi connectivity index (χ1v) is 25.2. The Morgan fingerprint density at radius 2 is 0.568 bits per heavy atom. The molecule has 0 atom stereocenters. The Kier molecular flexibility index (Phi) is 10.5. The van der Waals surface area contributed by atoms with E-state index in [-0.39, 0.29) is 0 Å². The van der Waals surface area contributed by atoms with Gasteiger partial charge >= 0.3 is 0 Å². The molecule has 0 bridgehead atoms. The number of hydrogen-bond donors (Lipinski definition) is 0. The molecule has 0 aliphatic carbocycles. The van der Waals surface area contributed by atoms with Gasteiger partial charge in [-0.3, -0.25) is 4.57 Å². The summed E-state index contributed by atoms with van der Waals surface area (Å²) >= 11 is 0. The van der Waals surface area contributed by atoms with Crippen LogP contribution in [0.3, 0.4) is 0 Å². The summed E-state index contributed by atoms with van der Waals surface area (Å²) in [6, 6.07) is 98.2. The van der Waals surface area contributed by atoms with Crippen molar-refractivity contribution in [1.29, 1.82) is 0 Å². The van der Waals surface area contributed by atoms with Crippen molar-refractivity contribution in [3.05, 3.63) is 279 Å². The summed E-state index contributed by atoms with van der Waals surface area (Å²) in [5, 5.41) is 4.66. The van der Waals surface area contributed by atoms with Crippen molar-refractivity contribution in [3.63, 3.8) is 0 Å². The fourth-order valence-electron chi connectivity index (χ4n) is 11.0. The van der Waals surface area contributed by atoms with Crippen LogP contribution < -0.4 is 0 Å². The summed E-state index contributed by atoms with van der Waals surface area (Å²) in [6.45, 7) is 0. The predicted octanol–water partition coefficient (Wildman–Crippen LogP) is 18.3. The van der Waals surface area contributed by atoms with Gasteiger partial charge in [-0.15, -0.1) is 0 Å². The molecule has 4 nitrogen and oxygen atoms in total. The van der Waals surface area contributed by atoms with E-state index in [4.69, 9.17) is 9.97 Å². The second-order valence-electron chi connectivity index (χ2n) is 18.9. The fourth-order valence-corrected chi connectivity index (χ4v) is 11.0. The lowest BCUT2D eigenvalue weighted by atomic mass is 10.0. The van der Waals surface area contributed by atoms with Crippen molar-refractivity contribution in [1.82, 2.24) is 19.1 Å². The van der Waals surface area contributed by atoms with Crippen LogP contribution in [0.4, 0.5) is 0 Å². The number of rotatable bonds is 9. The van der Waals surface area contributed by atoms with Crippen LogP contribution in [0, 0.1) is 0 Å². The van der Waals surface area contributed by atoms with E-state index >= 15 is 0 Å². The maximum Gasteiger partial charge on any atom is 0.162 e. The zero-order valence-electron chi connectivity index (χ0n) is 40.3. The van der Waals surface area contributed by atoms with Gasteiger partial charge in [0.2, 0.25) is 0 Å². The molecule has 346 valence electrons. The quantitative estimate of drug-likeness (QED) is 0.145. The summed E-state index contributed by atoms with van der Waals surface area (Å²) in [7, 11) is 0. The number of fused-ring (bicyclic) bond motifs is 6. The number of pyridine rings is 2. The molecule has 74 heavy (non-hydrogen) atoms. The maximum atomic E-state index is 5.50. The van der Waals surface area contributed by atoms with Gasteiger partial charge in [0.15, 0.2) is 5.82 Å². The van der Waals surface area contributed by atoms with E-state index in [0.29, 0.717) is 0 Å². The number of hydrogen-bond acceptors (Lipinski definition) is 2. The Labute approximate surface area is 429 Å². The Balaban J connectivity index is 1.05. The highest BCUT2D eigenvalue weighted by Crippen LogP contribution is 2.44. The summed E-state index contributed by atoms with van der Waals surface area (Å²) in [5.41, 5.74) is 20.8. The van der Waals surface area contributed by atoms with Gasteiger partial charge in [-0.25, -0.2) is 9.97 Å². The maximum absolute atomic E-state index is 5.50. The Morgan fingerprint density at radius 1 is 0.243 bits per heavy atom. The average molecular weight is 943 g/mol. The zero-order valence-corrected chi connectivity index (χ0v) is 40.3. The van der Waals surface area contributed by atoms with Crippen molar-refractivity contribution in [2.24, 2.45) is 0 Å². The Bertz CT molecular complexity index is 4180. The van der Waals surface area contributed by atoms with Crippen molar-refractivity contribution >= 4 is 43.6 Å². The molecule has 0 N–H and O–H groups in total. The molecule has 4 heteroatoms. The second-order valence-corrected chi connectivity index (χ2v) is 18.9. The van der Waals surface area contributed by atoms with Crippen LogP contribution in [0.1, 0.15) is 0 Å². The molecule has 0 saturated heterocycles. The van der Waals surface area contributed by atoms with E-state index in [1.54, 1.807) is 0 Å². The lowest BCUT2D eigenvalue weighted by Crippen LogP contribution is -2.08. The topological polar surface area (TPSA) is 35.6 Å². The zero-order chi connectivity index (χ0) is 49.0. The first kappa shape index (κ1) is 42.9. The molecule has 0 aliphatic rings. The van der Waals surface area contributed by atoms with E-state index in [9.17, 15) is 0 Å². The van der Waals surface area contributed by atoms with E-state index in [1.165, 1.54) is 55.3 Å². The predicted molar refractivity (Wildman–Crippen MR) is 309 cm³/mol. The third-order valence-corrected chi connectivity index (χ3v) is 14.6. The molecule has 14 rings (SSSR count). The first-order valence-electron chi connectivity index (χ1n) is 25.2. The van der Waals surface area contributed by atoms with Gasteiger partial charge in [-0.1, -0.05) is 206 Å². The van der Waals surface area contributed by atoms with Crippen LogP contribution in [-0.2, 0) is 0 Å². The number of nitrogens with zero attached hydrogens (tertiary/aromatic N) is 4. The molecule has 0 spiro atoms. The molecule has 14 aromatic rings. The molecular weight excluding hydrogens is 897 g/mol. The first-order chi connectivity index (χ1) is 36.7. The largest absolute Gasteiger partial charge is 0.305 e. The molecule has 0 saturated carbocycles. The van der Waals surface area contributed by atoms with Crippen LogP contribution in [0.15, 0.2) is 279 Å². The van der Waals surface area contributed by atoms with Crippen LogP contribution in [-0.4, -0.2) is 19.1 Å². The minimum absolute atomic E-state index is 0.835. The molecular formula is C70H46N4. The van der Waals surface area contributed by atoms with Gasteiger partial charge in [0.25, 0.3) is 0 Å². The molecule has 4 aromatic heterocycles. The molecule has 10 aromatic carbocycles. The van der Waals surface area contributed by atoms with Crippen molar-refractivity contribution < 1.29 is 0 Å².